The number of hydrogen-bond acceptors (Lipinski definition) is 3. The summed E-state index contributed by atoms with van der Waals surface area (Å²) in [5, 5.41) is 3.18. The average molecular weight is 314 g/mol. The van der Waals surface area contributed by atoms with E-state index in [2.05, 4.69) is 33.4 Å². The van der Waals surface area contributed by atoms with E-state index in [1.807, 2.05) is 19.2 Å². The van der Waals surface area contributed by atoms with Gasteiger partial charge in [0.05, 0.1) is 18.8 Å². The molecule has 1 heterocycles. The molecule has 1 aliphatic heterocycles. The van der Waals surface area contributed by atoms with Gasteiger partial charge >= 0.3 is 0 Å². The second-order valence-electron chi connectivity index (χ2n) is 4.57. The van der Waals surface area contributed by atoms with E-state index in [9.17, 15) is 0 Å². The number of halogens is 1. The molecule has 3 nitrogen and oxygen atoms in total. The van der Waals surface area contributed by atoms with E-state index in [0.29, 0.717) is 6.61 Å². The molecule has 0 spiro atoms. The van der Waals surface area contributed by atoms with Crippen LogP contribution in [0, 0.1) is 0 Å². The molecule has 4 heteroatoms. The highest BCUT2D eigenvalue weighted by Crippen LogP contribution is 2.22. The summed E-state index contributed by atoms with van der Waals surface area (Å²) in [6, 6.07) is 8.28. The average Bonchev–Trinajstić information content (AvgIpc) is 2.87. The first kappa shape index (κ1) is 14.0. The Morgan fingerprint density at radius 3 is 3.11 bits per heavy atom. The maximum atomic E-state index is 6.00. The lowest BCUT2D eigenvalue weighted by Crippen LogP contribution is -2.24. The van der Waals surface area contributed by atoms with E-state index in [1.54, 1.807) is 0 Å². The topological polar surface area (TPSA) is 30.5 Å². The van der Waals surface area contributed by atoms with Crippen LogP contribution in [0.5, 0.6) is 0 Å². The smallest absolute Gasteiger partial charge is 0.0950 e. The molecule has 1 aromatic rings. The summed E-state index contributed by atoms with van der Waals surface area (Å²) in [6.07, 6.45) is 2.63. The third-order valence-electron chi connectivity index (χ3n) is 3.12. The van der Waals surface area contributed by atoms with Crippen LogP contribution < -0.4 is 5.32 Å². The van der Waals surface area contributed by atoms with Crippen molar-refractivity contribution in [3.05, 3.63) is 34.3 Å². The molecule has 1 saturated heterocycles. The Kier molecular flexibility index (Phi) is 5.63. The van der Waals surface area contributed by atoms with Crippen LogP contribution in [0.2, 0.25) is 0 Å². The van der Waals surface area contributed by atoms with Crippen molar-refractivity contribution in [3.8, 4) is 0 Å². The Bertz CT molecular complexity index is 367. The second kappa shape index (κ2) is 7.24. The van der Waals surface area contributed by atoms with E-state index < -0.39 is 0 Å². The summed E-state index contributed by atoms with van der Waals surface area (Å²) in [5.74, 6) is 0. The summed E-state index contributed by atoms with van der Waals surface area (Å²) in [5.41, 5.74) is 1.19. The molecule has 18 heavy (non-hydrogen) atoms. The highest BCUT2D eigenvalue weighted by Gasteiger charge is 2.19. The molecule has 1 fully saturated rings. The van der Waals surface area contributed by atoms with Crippen LogP contribution in [0.3, 0.4) is 0 Å². The molecule has 0 aromatic heterocycles. The molecule has 0 amide bonds. The molecular weight excluding hydrogens is 294 g/mol. The lowest BCUT2D eigenvalue weighted by atomic mass is 10.1. The summed E-state index contributed by atoms with van der Waals surface area (Å²) < 4.78 is 12.7. The van der Waals surface area contributed by atoms with Gasteiger partial charge < -0.3 is 14.8 Å². The zero-order chi connectivity index (χ0) is 12.8. The maximum Gasteiger partial charge on any atom is 0.0950 e. The summed E-state index contributed by atoms with van der Waals surface area (Å²) in [7, 11) is 1.94. The number of benzene rings is 1. The van der Waals surface area contributed by atoms with E-state index in [1.165, 1.54) is 5.56 Å². The molecule has 0 radical (unpaired) electrons. The van der Waals surface area contributed by atoms with Gasteiger partial charge in [-0.05, 0) is 37.6 Å². The third kappa shape index (κ3) is 4.05. The number of nitrogens with one attached hydrogen (secondary N) is 1. The number of hydrogen-bond donors (Lipinski definition) is 1. The first-order valence-corrected chi connectivity index (χ1v) is 7.22. The minimum atomic E-state index is 0.0803. The Hall–Kier alpha value is -0.420. The molecule has 2 unspecified atom stereocenters. The largest absolute Gasteiger partial charge is 0.376 e. The fourth-order valence-corrected chi connectivity index (χ4v) is 2.58. The van der Waals surface area contributed by atoms with Crippen LogP contribution in [0.25, 0.3) is 0 Å². The SMILES string of the molecule is CNCC(OCC1CCCO1)c1cccc(Br)c1. The predicted octanol–water partition coefficient (Wildman–Crippen LogP) is 2.91. The Morgan fingerprint density at radius 1 is 1.56 bits per heavy atom. The van der Waals surface area contributed by atoms with Crippen molar-refractivity contribution in [2.75, 3.05) is 26.8 Å². The molecular formula is C14H20BrNO2. The van der Waals surface area contributed by atoms with Crippen LogP contribution in [0.4, 0.5) is 0 Å². The van der Waals surface area contributed by atoms with E-state index >= 15 is 0 Å². The summed E-state index contributed by atoms with van der Waals surface area (Å²) in [4.78, 5) is 0. The van der Waals surface area contributed by atoms with Gasteiger partial charge in [0.25, 0.3) is 0 Å². The van der Waals surface area contributed by atoms with Crippen LogP contribution in [0.1, 0.15) is 24.5 Å². The fraction of sp³-hybridized carbons (Fsp3) is 0.571. The van der Waals surface area contributed by atoms with Crippen molar-refractivity contribution < 1.29 is 9.47 Å². The lowest BCUT2D eigenvalue weighted by molar-refractivity contribution is -0.0204. The van der Waals surface area contributed by atoms with Crippen LogP contribution in [-0.4, -0.2) is 32.9 Å². The zero-order valence-corrected chi connectivity index (χ0v) is 12.3. The zero-order valence-electron chi connectivity index (χ0n) is 10.7. The maximum absolute atomic E-state index is 6.00. The number of likely N-dealkylation sites (N-methyl/N-ethyl adjacent to an activating group) is 1. The first-order chi connectivity index (χ1) is 8.79. The van der Waals surface area contributed by atoms with Crippen LogP contribution in [0.15, 0.2) is 28.7 Å². The quantitative estimate of drug-likeness (QED) is 0.876. The first-order valence-electron chi connectivity index (χ1n) is 6.43. The Balaban J connectivity index is 1.94. The van der Waals surface area contributed by atoms with Gasteiger partial charge in [-0.25, -0.2) is 0 Å². The van der Waals surface area contributed by atoms with Gasteiger partial charge in [-0.15, -0.1) is 0 Å². The van der Waals surface area contributed by atoms with Crippen molar-refractivity contribution in [2.24, 2.45) is 0 Å². The lowest BCUT2D eigenvalue weighted by Gasteiger charge is -2.20. The van der Waals surface area contributed by atoms with Crippen LogP contribution >= 0.6 is 15.9 Å². The summed E-state index contributed by atoms with van der Waals surface area (Å²) >= 11 is 3.50. The van der Waals surface area contributed by atoms with Gasteiger partial charge in [-0.3, -0.25) is 0 Å². The highest BCUT2D eigenvalue weighted by molar-refractivity contribution is 9.10. The Labute approximate surface area is 117 Å². The van der Waals surface area contributed by atoms with Gasteiger partial charge in [-0.2, -0.15) is 0 Å². The molecule has 100 valence electrons. The van der Waals surface area contributed by atoms with E-state index in [4.69, 9.17) is 9.47 Å². The highest BCUT2D eigenvalue weighted by atomic mass is 79.9. The molecule has 1 aliphatic rings. The molecule has 1 aromatic carbocycles. The second-order valence-corrected chi connectivity index (χ2v) is 5.49. The van der Waals surface area contributed by atoms with Crippen molar-refractivity contribution >= 4 is 15.9 Å². The van der Waals surface area contributed by atoms with E-state index in [0.717, 1.165) is 30.5 Å². The van der Waals surface area contributed by atoms with Gasteiger partial charge in [0.1, 0.15) is 0 Å². The van der Waals surface area contributed by atoms with Gasteiger partial charge in [0.2, 0.25) is 0 Å². The number of ether oxygens (including phenoxy) is 2. The van der Waals surface area contributed by atoms with Gasteiger partial charge in [0, 0.05) is 17.6 Å². The van der Waals surface area contributed by atoms with Crippen molar-refractivity contribution in [1.29, 1.82) is 0 Å². The molecule has 0 bridgehead atoms. The minimum absolute atomic E-state index is 0.0803. The van der Waals surface area contributed by atoms with Crippen LogP contribution in [-0.2, 0) is 9.47 Å². The molecule has 2 atom stereocenters. The predicted molar refractivity (Wildman–Crippen MR) is 75.7 cm³/mol. The molecule has 1 N–H and O–H groups in total. The molecule has 0 aliphatic carbocycles. The Morgan fingerprint density at radius 2 is 2.44 bits per heavy atom. The summed E-state index contributed by atoms with van der Waals surface area (Å²) in [6.45, 7) is 2.36. The molecule has 2 rings (SSSR count). The third-order valence-corrected chi connectivity index (χ3v) is 3.61. The molecule has 0 saturated carbocycles. The van der Waals surface area contributed by atoms with Crippen molar-refractivity contribution in [3.63, 3.8) is 0 Å². The van der Waals surface area contributed by atoms with Crippen molar-refractivity contribution in [2.45, 2.75) is 25.0 Å². The van der Waals surface area contributed by atoms with Gasteiger partial charge in [-0.1, -0.05) is 28.1 Å². The normalized spacial score (nSPS) is 21.1. The van der Waals surface area contributed by atoms with Gasteiger partial charge in [0.15, 0.2) is 0 Å². The number of rotatable bonds is 6. The minimum Gasteiger partial charge on any atom is -0.376 e. The van der Waals surface area contributed by atoms with Crippen molar-refractivity contribution in [1.82, 2.24) is 5.32 Å². The standard InChI is InChI=1S/C14H20BrNO2/c1-16-9-14(11-4-2-5-12(15)8-11)18-10-13-6-3-7-17-13/h2,4-5,8,13-14,16H,3,6-7,9-10H2,1H3. The fourth-order valence-electron chi connectivity index (χ4n) is 2.16. The van der Waals surface area contributed by atoms with E-state index in [-0.39, 0.29) is 12.2 Å². The monoisotopic (exact) mass is 313 g/mol.